The first kappa shape index (κ1) is 34.8. The summed E-state index contributed by atoms with van der Waals surface area (Å²) < 4.78 is 44.6. The van der Waals surface area contributed by atoms with Crippen LogP contribution in [0.25, 0.3) is 0 Å². The molecular formula is C39H44FN3O4S. The van der Waals surface area contributed by atoms with Crippen LogP contribution >= 0.6 is 0 Å². The Labute approximate surface area is 283 Å². The highest BCUT2D eigenvalue weighted by atomic mass is 32.2. The summed E-state index contributed by atoms with van der Waals surface area (Å²) in [6, 6.07) is 29.5. The smallest absolute Gasteiger partial charge is 0.264 e. The topological polar surface area (TPSA) is 86.8 Å². The van der Waals surface area contributed by atoms with E-state index < -0.39 is 34.3 Å². The molecule has 1 atom stereocenters. The minimum absolute atomic E-state index is 0.0237. The van der Waals surface area contributed by atoms with E-state index in [9.17, 15) is 18.0 Å². The molecule has 0 aromatic heterocycles. The van der Waals surface area contributed by atoms with Gasteiger partial charge < -0.3 is 10.2 Å². The van der Waals surface area contributed by atoms with Gasteiger partial charge in [0.2, 0.25) is 11.8 Å². The van der Waals surface area contributed by atoms with Crippen molar-refractivity contribution in [1.29, 1.82) is 0 Å². The molecule has 1 saturated carbocycles. The molecule has 1 aliphatic rings. The molecule has 0 bridgehead atoms. The number of hydrogen-bond donors (Lipinski definition) is 1. The number of sulfonamides is 1. The average Bonchev–Trinajstić information content (AvgIpc) is 3.10. The first-order valence-electron chi connectivity index (χ1n) is 16.7. The van der Waals surface area contributed by atoms with Crippen LogP contribution in [0.4, 0.5) is 10.1 Å². The zero-order valence-electron chi connectivity index (χ0n) is 27.6. The Kier molecular flexibility index (Phi) is 11.7. The molecular weight excluding hydrogens is 626 g/mol. The van der Waals surface area contributed by atoms with Gasteiger partial charge in [-0.2, -0.15) is 0 Å². The van der Waals surface area contributed by atoms with Gasteiger partial charge in [-0.15, -0.1) is 0 Å². The van der Waals surface area contributed by atoms with Crippen LogP contribution in [0.3, 0.4) is 0 Å². The van der Waals surface area contributed by atoms with E-state index >= 15 is 4.39 Å². The largest absolute Gasteiger partial charge is 0.352 e. The van der Waals surface area contributed by atoms with Crippen molar-refractivity contribution in [3.8, 4) is 0 Å². The van der Waals surface area contributed by atoms with Crippen LogP contribution in [0.15, 0.2) is 114 Å². The monoisotopic (exact) mass is 669 g/mol. The molecule has 0 radical (unpaired) electrons. The third-order valence-corrected chi connectivity index (χ3v) is 10.8. The third kappa shape index (κ3) is 8.69. The number of carbonyl (C=O) groups excluding carboxylic acids is 2. The highest BCUT2D eigenvalue weighted by molar-refractivity contribution is 7.92. The number of nitrogens with zero attached hydrogens (tertiary/aromatic N) is 2. The van der Waals surface area contributed by atoms with Crippen molar-refractivity contribution in [2.45, 2.75) is 81.8 Å². The summed E-state index contributed by atoms with van der Waals surface area (Å²) in [4.78, 5) is 30.2. The van der Waals surface area contributed by atoms with Gasteiger partial charge >= 0.3 is 0 Å². The molecule has 1 aliphatic carbocycles. The fourth-order valence-electron chi connectivity index (χ4n) is 6.18. The highest BCUT2D eigenvalue weighted by Crippen LogP contribution is 2.27. The zero-order chi connectivity index (χ0) is 34.1. The van der Waals surface area contributed by atoms with Gasteiger partial charge in [0, 0.05) is 24.6 Å². The number of anilines is 1. The minimum Gasteiger partial charge on any atom is -0.352 e. The summed E-state index contributed by atoms with van der Waals surface area (Å²) in [5, 5.41) is 3.17. The van der Waals surface area contributed by atoms with Crippen LogP contribution in [0.5, 0.6) is 0 Å². The summed E-state index contributed by atoms with van der Waals surface area (Å²) in [6.07, 6.45) is 5.00. The lowest BCUT2D eigenvalue weighted by Crippen LogP contribution is -2.55. The first-order valence-corrected chi connectivity index (χ1v) is 18.1. The Bertz CT molecular complexity index is 1760. The molecule has 9 heteroatoms. The number of carbonyl (C=O) groups is 2. The van der Waals surface area contributed by atoms with E-state index in [0.717, 1.165) is 47.5 Å². The fraction of sp³-hybridized carbons (Fsp3) is 0.333. The molecule has 1 unspecified atom stereocenters. The standard InChI is InChI=1S/C39H44FN3O4S/c1-29(2)31-22-24-34(25-23-31)43(48(46,47)35-19-10-5-11-20-35)28-38(44)42(27-32-16-12-13-21-36(32)40)37(26-30-14-6-3-7-15-30)39(45)41-33-17-8-4-9-18-33/h3,5-7,10-16,19-25,29,33,37H,4,8-9,17-18,26-28H2,1-2H3,(H,41,45). The second kappa shape index (κ2) is 16.1. The lowest BCUT2D eigenvalue weighted by molar-refractivity contribution is -0.140. The predicted molar refractivity (Wildman–Crippen MR) is 187 cm³/mol. The van der Waals surface area contributed by atoms with E-state index in [2.05, 4.69) is 5.32 Å². The molecule has 5 rings (SSSR count). The number of rotatable bonds is 13. The van der Waals surface area contributed by atoms with Gasteiger partial charge in [0.15, 0.2) is 0 Å². The van der Waals surface area contributed by atoms with Crippen molar-refractivity contribution in [2.75, 3.05) is 10.8 Å². The van der Waals surface area contributed by atoms with Crippen molar-refractivity contribution in [1.82, 2.24) is 10.2 Å². The van der Waals surface area contributed by atoms with Gasteiger partial charge in [-0.3, -0.25) is 13.9 Å². The van der Waals surface area contributed by atoms with E-state index in [1.807, 2.05) is 56.3 Å². The van der Waals surface area contributed by atoms with Gasteiger partial charge in [0.1, 0.15) is 18.4 Å². The third-order valence-electron chi connectivity index (χ3n) is 8.98. The number of amides is 2. The molecule has 4 aromatic rings. The summed E-state index contributed by atoms with van der Waals surface area (Å²) in [5.41, 5.74) is 2.39. The maximum absolute atomic E-state index is 15.2. The molecule has 4 aromatic carbocycles. The highest BCUT2D eigenvalue weighted by Gasteiger charge is 2.35. The lowest BCUT2D eigenvalue weighted by atomic mass is 9.94. The molecule has 0 aliphatic heterocycles. The predicted octanol–water partition coefficient (Wildman–Crippen LogP) is 7.23. The normalized spacial score (nSPS) is 14.3. The van der Waals surface area contributed by atoms with Crippen LogP contribution in [-0.2, 0) is 32.6 Å². The van der Waals surface area contributed by atoms with Crippen LogP contribution in [0, 0.1) is 5.82 Å². The first-order chi connectivity index (χ1) is 23.1. The summed E-state index contributed by atoms with van der Waals surface area (Å²) in [7, 11) is -4.21. The Balaban J connectivity index is 1.57. The lowest BCUT2D eigenvalue weighted by Gasteiger charge is -2.35. The molecule has 252 valence electrons. The molecule has 0 spiro atoms. The van der Waals surface area contributed by atoms with Crippen LogP contribution < -0.4 is 9.62 Å². The van der Waals surface area contributed by atoms with Crippen molar-refractivity contribution in [3.63, 3.8) is 0 Å². The number of hydrogen-bond acceptors (Lipinski definition) is 4. The molecule has 48 heavy (non-hydrogen) atoms. The fourth-order valence-corrected chi connectivity index (χ4v) is 7.62. The molecule has 1 fully saturated rings. The minimum atomic E-state index is -4.21. The van der Waals surface area contributed by atoms with E-state index in [1.54, 1.807) is 48.5 Å². The number of nitrogens with one attached hydrogen (secondary N) is 1. The second-order valence-electron chi connectivity index (χ2n) is 12.7. The van der Waals surface area contributed by atoms with Crippen molar-refractivity contribution in [2.24, 2.45) is 0 Å². The Morgan fingerprint density at radius 2 is 1.42 bits per heavy atom. The molecule has 2 amide bonds. The SMILES string of the molecule is CC(C)c1ccc(N(CC(=O)N(Cc2ccccc2F)C(Cc2ccccc2)C(=O)NC2CCCCC2)S(=O)(=O)c2ccccc2)cc1. The number of benzene rings is 4. The van der Waals surface area contributed by atoms with Gasteiger partial charge in [-0.1, -0.05) is 112 Å². The van der Waals surface area contributed by atoms with E-state index in [0.29, 0.717) is 5.69 Å². The van der Waals surface area contributed by atoms with E-state index in [-0.39, 0.29) is 41.3 Å². The molecule has 7 nitrogen and oxygen atoms in total. The summed E-state index contributed by atoms with van der Waals surface area (Å²) in [6.45, 7) is 3.28. The molecule has 1 N–H and O–H groups in total. The quantitative estimate of drug-likeness (QED) is 0.163. The second-order valence-corrected chi connectivity index (χ2v) is 14.6. The average molecular weight is 670 g/mol. The van der Waals surface area contributed by atoms with Crippen molar-refractivity contribution >= 4 is 27.5 Å². The van der Waals surface area contributed by atoms with Gasteiger partial charge in [-0.05, 0) is 60.2 Å². The van der Waals surface area contributed by atoms with Crippen molar-refractivity contribution in [3.05, 3.63) is 132 Å². The van der Waals surface area contributed by atoms with Gasteiger partial charge in [0.25, 0.3) is 10.0 Å². The molecule has 0 saturated heterocycles. The maximum Gasteiger partial charge on any atom is 0.264 e. The summed E-state index contributed by atoms with van der Waals surface area (Å²) in [5.74, 6) is -1.25. The van der Waals surface area contributed by atoms with E-state index in [4.69, 9.17) is 0 Å². The van der Waals surface area contributed by atoms with Gasteiger partial charge in [-0.25, -0.2) is 12.8 Å². The van der Waals surface area contributed by atoms with Crippen LogP contribution in [-0.4, -0.2) is 43.8 Å². The summed E-state index contributed by atoms with van der Waals surface area (Å²) >= 11 is 0. The van der Waals surface area contributed by atoms with E-state index in [1.165, 1.54) is 23.1 Å². The number of halogens is 1. The molecule has 0 heterocycles. The van der Waals surface area contributed by atoms with Crippen LogP contribution in [0.1, 0.15) is 68.6 Å². The zero-order valence-corrected chi connectivity index (χ0v) is 28.4. The Hall–Kier alpha value is -4.50. The maximum atomic E-state index is 15.2. The van der Waals surface area contributed by atoms with Crippen molar-refractivity contribution < 1.29 is 22.4 Å². The van der Waals surface area contributed by atoms with Gasteiger partial charge in [0.05, 0.1) is 10.6 Å². The Morgan fingerprint density at radius 3 is 2.04 bits per heavy atom. The van der Waals surface area contributed by atoms with Crippen LogP contribution in [0.2, 0.25) is 0 Å². The Morgan fingerprint density at radius 1 is 0.812 bits per heavy atom.